The number of carbonyl (C=O) groups is 1. The molecule has 6 heteroatoms. The van der Waals surface area contributed by atoms with Gasteiger partial charge < -0.3 is 10.2 Å². The lowest BCUT2D eigenvalue weighted by Gasteiger charge is -2.33. The van der Waals surface area contributed by atoms with Gasteiger partial charge in [0.05, 0.1) is 4.92 Å². The van der Waals surface area contributed by atoms with Crippen LogP contribution in [0.25, 0.3) is 0 Å². The van der Waals surface area contributed by atoms with E-state index >= 15 is 0 Å². The molecule has 0 bridgehead atoms. The summed E-state index contributed by atoms with van der Waals surface area (Å²) in [5, 5.41) is 14.3. The third-order valence-electron chi connectivity index (χ3n) is 4.86. The molecule has 1 saturated heterocycles. The Hall–Kier alpha value is -2.89. The Bertz CT molecular complexity index is 810. The molecule has 0 radical (unpaired) electrons. The molecular formula is C20H23N3O3. The fourth-order valence-corrected chi connectivity index (χ4v) is 3.25. The zero-order valence-corrected chi connectivity index (χ0v) is 15.1. The van der Waals surface area contributed by atoms with E-state index in [0.717, 1.165) is 18.5 Å². The first-order valence-corrected chi connectivity index (χ1v) is 8.81. The van der Waals surface area contributed by atoms with Crippen molar-refractivity contribution in [2.75, 3.05) is 18.4 Å². The van der Waals surface area contributed by atoms with Gasteiger partial charge in [0.15, 0.2) is 0 Å². The number of aryl methyl sites for hydroxylation is 2. The van der Waals surface area contributed by atoms with Crippen molar-refractivity contribution in [1.82, 2.24) is 4.90 Å². The molecule has 1 aliphatic heterocycles. The molecule has 0 atom stereocenters. The number of likely N-dealkylation sites (tertiary alicyclic amines) is 1. The topological polar surface area (TPSA) is 75.5 Å². The standard InChI is InChI=1S/C20H23N3O3/c1-14-3-4-15(2)19(13-14)21-17-9-11-22(12-10-17)20(24)16-5-7-18(8-6-16)23(25)26/h3-8,13,17,21H,9-12H2,1-2H3. The summed E-state index contributed by atoms with van der Waals surface area (Å²) in [7, 11) is 0. The second-order valence-electron chi connectivity index (χ2n) is 6.83. The summed E-state index contributed by atoms with van der Waals surface area (Å²) in [6.07, 6.45) is 1.76. The number of piperidine rings is 1. The monoisotopic (exact) mass is 353 g/mol. The van der Waals surface area contributed by atoms with E-state index in [1.54, 1.807) is 0 Å². The van der Waals surface area contributed by atoms with Crippen molar-refractivity contribution in [1.29, 1.82) is 0 Å². The quantitative estimate of drug-likeness (QED) is 0.667. The molecule has 1 amide bonds. The third-order valence-corrected chi connectivity index (χ3v) is 4.86. The average molecular weight is 353 g/mol. The fourth-order valence-electron chi connectivity index (χ4n) is 3.25. The van der Waals surface area contributed by atoms with E-state index < -0.39 is 4.92 Å². The molecule has 0 spiro atoms. The number of benzene rings is 2. The fraction of sp³-hybridized carbons (Fsp3) is 0.350. The molecule has 3 rings (SSSR count). The highest BCUT2D eigenvalue weighted by atomic mass is 16.6. The van der Waals surface area contributed by atoms with Crippen molar-refractivity contribution in [3.63, 3.8) is 0 Å². The van der Waals surface area contributed by atoms with Gasteiger partial charge in [0.2, 0.25) is 0 Å². The minimum atomic E-state index is -0.460. The van der Waals surface area contributed by atoms with Crippen LogP contribution in [0.5, 0.6) is 0 Å². The summed E-state index contributed by atoms with van der Waals surface area (Å²) in [5.41, 5.74) is 4.10. The van der Waals surface area contributed by atoms with Crippen molar-refractivity contribution in [2.24, 2.45) is 0 Å². The number of nitro benzene ring substituents is 1. The smallest absolute Gasteiger partial charge is 0.269 e. The number of nitrogens with zero attached hydrogens (tertiary/aromatic N) is 2. The van der Waals surface area contributed by atoms with Gasteiger partial charge in [0.25, 0.3) is 11.6 Å². The van der Waals surface area contributed by atoms with E-state index in [0.29, 0.717) is 24.7 Å². The minimum absolute atomic E-state index is 0.00187. The summed E-state index contributed by atoms with van der Waals surface area (Å²) in [6, 6.07) is 12.5. The number of hydrogen-bond donors (Lipinski definition) is 1. The van der Waals surface area contributed by atoms with Gasteiger partial charge in [-0.3, -0.25) is 14.9 Å². The Morgan fingerprint density at radius 1 is 1.12 bits per heavy atom. The summed E-state index contributed by atoms with van der Waals surface area (Å²) in [4.78, 5) is 24.7. The normalized spacial score (nSPS) is 14.9. The summed E-state index contributed by atoms with van der Waals surface area (Å²) in [5.74, 6) is -0.0647. The number of anilines is 1. The molecule has 1 aliphatic rings. The predicted molar refractivity (Wildman–Crippen MR) is 102 cm³/mol. The van der Waals surface area contributed by atoms with Crippen LogP contribution >= 0.6 is 0 Å². The van der Waals surface area contributed by atoms with E-state index in [2.05, 4.69) is 37.4 Å². The van der Waals surface area contributed by atoms with Crippen LogP contribution in [0.2, 0.25) is 0 Å². The molecule has 2 aromatic rings. The Kier molecular flexibility index (Phi) is 5.21. The molecule has 0 aliphatic carbocycles. The van der Waals surface area contributed by atoms with E-state index in [1.165, 1.54) is 35.4 Å². The van der Waals surface area contributed by atoms with Crippen LogP contribution in [0.15, 0.2) is 42.5 Å². The SMILES string of the molecule is Cc1ccc(C)c(NC2CCN(C(=O)c3ccc([N+](=O)[O-])cc3)CC2)c1. The van der Waals surface area contributed by atoms with Crippen LogP contribution in [0.1, 0.15) is 34.3 Å². The number of hydrogen-bond acceptors (Lipinski definition) is 4. The number of carbonyl (C=O) groups excluding carboxylic acids is 1. The molecule has 0 saturated carbocycles. The molecular weight excluding hydrogens is 330 g/mol. The van der Waals surface area contributed by atoms with Gasteiger partial charge in [-0.25, -0.2) is 0 Å². The Morgan fingerprint density at radius 2 is 1.77 bits per heavy atom. The van der Waals surface area contributed by atoms with Gasteiger partial charge in [0, 0.05) is 42.5 Å². The van der Waals surface area contributed by atoms with Crippen molar-refractivity contribution >= 4 is 17.3 Å². The van der Waals surface area contributed by atoms with E-state index in [-0.39, 0.29) is 11.6 Å². The average Bonchev–Trinajstić information content (AvgIpc) is 2.65. The molecule has 136 valence electrons. The van der Waals surface area contributed by atoms with Crippen LogP contribution in [-0.4, -0.2) is 34.9 Å². The van der Waals surface area contributed by atoms with Gasteiger partial charge in [-0.1, -0.05) is 12.1 Å². The maximum Gasteiger partial charge on any atom is 0.269 e. The van der Waals surface area contributed by atoms with E-state index in [1.807, 2.05) is 4.90 Å². The maximum absolute atomic E-state index is 12.6. The second-order valence-corrected chi connectivity index (χ2v) is 6.83. The molecule has 26 heavy (non-hydrogen) atoms. The molecule has 1 N–H and O–H groups in total. The number of rotatable bonds is 4. The first kappa shape index (κ1) is 17.9. The lowest BCUT2D eigenvalue weighted by Crippen LogP contribution is -2.42. The van der Waals surface area contributed by atoms with Crippen molar-refractivity contribution in [3.05, 3.63) is 69.3 Å². The largest absolute Gasteiger partial charge is 0.382 e. The van der Waals surface area contributed by atoms with Gasteiger partial charge >= 0.3 is 0 Å². The van der Waals surface area contributed by atoms with Gasteiger partial charge in [0.1, 0.15) is 0 Å². The molecule has 0 unspecified atom stereocenters. The van der Waals surface area contributed by atoms with Crippen LogP contribution in [0, 0.1) is 24.0 Å². The van der Waals surface area contributed by atoms with Gasteiger partial charge in [-0.05, 0) is 56.0 Å². The Morgan fingerprint density at radius 3 is 2.38 bits per heavy atom. The molecule has 2 aromatic carbocycles. The van der Waals surface area contributed by atoms with Crippen LogP contribution in [0.4, 0.5) is 11.4 Å². The van der Waals surface area contributed by atoms with E-state index in [9.17, 15) is 14.9 Å². The maximum atomic E-state index is 12.6. The van der Waals surface area contributed by atoms with Crippen LogP contribution in [0.3, 0.4) is 0 Å². The highest BCUT2D eigenvalue weighted by Gasteiger charge is 2.24. The third kappa shape index (κ3) is 4.02. The molecule has 1 heterocycles. The lowest BCUT2D eigenvalue weighted by atomic mass is 10.0. The second kappa shape index (κ2) is 7.56. The van der Waals surface area contributed by atoms with Crippen LogP contribution < -0.4 is 5.32 Å². The lowest BCUT2D eigenvalue weighted by molar-refractivity contribution is -0.384. The predicted octanol–water partition coefficient (Wildman–Crippen LogP) is 3.93. The molecule has 6 nitrogen and oxygen atoms in total. The number of amides is 1. The summed E-state index contributed by atoms with van der Waals surface area (Å²) in [6.45, 7) is 5.53. The number of non-ortho nitro benzene ring substituents is 1. The van der Waals surface area contributed by atoms with Crippen molar-refractivity contribution < 1.29 is 9.72 Å². The van der Waals surface area contributed by atoms with Gasteiger partial charge in [-0.15, -0.1) is 0 Å². The van der Waals surface area contributed by atoms with Crippen LogP contribution in [-0.2, 0) is 0 Å². The highest BCUT2D eigenvalue weighted by Crippen LogP contribution is 2.22. The summed E-state index contributed by atoms with van der Waals surface area (Å²) >= 11 is 0. The summed E-state index contributed by atoms with van der Waals surface area (Å²) < 4.78 is 0. The first-order valence-electron chi connectivity index (χ1n) is 8.81. The zero-order valence-electron chi connectivity index (χ0n) is 15.1. The molecule has 1 fully saturated rings. The minimum Gasteiger partial charge on any atom is -0.382 e. The van der Waals surface area contributed by atoms with Gasteiger partial charge in [-0.2, -0.15) is 0 Å². The highest BCUT2D eigenvalue weighted by molar-refractivity contribution is 5.94. The molecule has 0 aromatic heterocycles. The van der Waals surface area contributed by atoms with Crippen molar-refractivity contribution in [3.8, 4) is 0 Å². The van der Waals surface area contributed by atoms with Crippen molar-refractivity contribution in [2.45, 2.75) is 32.7 Å². The zero-order chi connectivity index (χ0) is 18.7. The van der Waals surface area contributed by atoms with E-state index in [4.69, 9.17) is 0 Å². The number of nitro groups is 1. The Balaban J connectivity index is 1.58. The number of nitrogens with one attached hydrogen (secondary N) is 1. The Labute approximate surface area is 153 Å². The first-order chi connectivity index (χ1) is 12.4.